The summed E-state index contributed by atoms with van der Waals surface area (Å²) in [7, 11) is -3.87. The monoisotopic (exact) mass is 529 g/mol. The number of aryl methyl sites for hydroxylation is 1. The Kier molecular flexibility index (Phi) is 13.6. The Bertz CT molecular complexity index is 950. The first-order chi connectivity index (χ1) is 16.5. The Morgan fingerprint density at radius 3 is 2.23 bits per heavy atom. The number of thioether (sulfide) groups is 1. The van der Waals surface area contributed by atoms with Gasteiger partial charge in [0.1, 0.15) is 5.25 Å². The molecule has 0 spiro atoms. The van der Waals surface area contributed by atoms with Gasteiger partial charge in [-0.1, -0.05) is 55.6 Å². The molecule has 0 saturated carbocycles. The number of carboxylic acids is 1. The van der Waals surface area contributed by atoms with E-state index in [1.807, 2.05) is 6.92 Å². The van der Waals surface area contributed by atoms with Crippen molar-refractivity contribution in [3.8, 4) is 0 Å². The van der Waals surface area contributed by atoms with Crippen LogP contribution in [0.3, 0.4) is 0 Å². The summed E-state index contributed by atoms with van der Waals surface area (Å²) in [6.07, 6.45) is 2.93. The third-order valence-electron chi connectivity index (χ3n) is 4.95. The van der Waals surface area contributed by atoms with Gasteiger partial charge >= 0.3 is 5.97 Å². The number of amides is 2. The highest BCUT2D eigenvalue weighted by Gasteiger charge is 2.27. The SMILES string of the molecule is CCCCCCN(CC(=O)NCCNC(=O)C(CC(=O)O)SC(C)=O)S(=O)(=O)c1ccc(C)cc1. The van der Waals surface area contributed by atoms with Crippen LogP contribution in [0.15, 0.2) is 29.2 Å². The molecule has 1 unspecified atom stereocenters. The molecule has 0 fully saturated rings. The zero-order chi connectivity index (χ0) is 26.4. The van der Waals surface area contributed by atoms with E-state index in [1.165, 1.54) is 19.1 Å². The van der Waals surface area contributed by atoms with E-state index in [0.29, 0.717) is 18.2 Å². The number of carbonyl (C=O) groups excluding carboxylic acids is 3. The van der Waals surface area contributed by atoms with E-state index in [4.69, 9.17) is 5.11 Å². The summed E-state index contributed by atoms with van der Waals surface area (Å²) < 4.78 is 27.4. The van der Waals surface area contributed by atoms with Gasteiger partial charge in [0.15, 0.2) is 5.12 Å². The van der Waals surface area contributed by atoms with E-state index >= 15 is 0 Å². The number of benzene rings is 1. The van der Waals surface area contributed by atoms with Crippen molar-refractivity contribution in [1.29, 1.82) is 0 Å². The first kappa shape index (κ1) is 30.6. The van der Waals surface area contributed by atoms with Crippen LogP contribution >= 0.6 is 11.8 Å². The van der Waals surface area contributed by atoms with E-state index in [0.717, 1.165) is 29.1 Å². The molecule has 0 aromatic heterocycles. The minimum Gasteiger partial charge on any atom is -0.481 e. The van der Waals surface area contributed by atoms with E-state index in [2.05, 4.69) is 17.6 Å². The molecule has 12 heteroatoms. The number of rotatable bonds is 16. The molecule has 2 amide bonds. The van der Waals surface area contributed by atoms with Crippen LogP contribution in [-0.2, 0) is 29.2 Å². The minimum atomic E-state index is -3.87. The summed E-state index contributed by atoms with van der Waals surface area (Å²) in [5.41, 5.74) is 0.922. The second-order valence-corrected chi connectivity index (χ2v) is 11.4. The van der Waals surface area contributed by atoms with E-state index < -0.39 is 39.5 Å². The average molecular weight is 530 g/mol. The average Bonchev–Trinajstić information content (AvgIpc) is 2.77. The zero-order valence-electron chi connectivity index (χ0n) is 20.4. The molecule has 0 aliphatic heterocycles. The topological polar surface area (TPSA) is 150 Å². The van der Waals surface area contributed by atoms with Crippen molar-refractivity contribution >= 4 is 44.7 Å². The fourth-order valence-electron chi connectivity index (χ4n) is 3.12. The standard InChI is InChI=1S/C23H35N3O7S2/c1-4-5-6-7-14-26(35(32,33)19-10-8-17(2)9-11-19)16-21(28)24-12-13-25-23(31)20(15-22(29)30)34-18(3)27/h8-11,20H,4-7,12-16H2,1-3H3,(H,24,28)(H,25,31)(H,29,30). The van der Waals surface area contributed by atoms with E-state index in [1.54, 1.807) is 12.1 Å². The highest BCUT2D eigenvalue weighted by atomic mass is 32.2. The van der Waals surface area contributed by atoms with Crippen molar-refractivity contribution in [2.75, 3.05) is 26.2 Å². The van der Waals surface area contributed by atoms with Crippen molar-refractivity contribution in [2.24, 2.45) is 0 Å². The molecular weight excluding hydrogens is 494 g/mol. The Morgan fingerprint density at radius 2 is 1.66 bits per heavy atom. The van der Waals surface area contributed by atoms with E-state index in [-0.39, 0.29) is 36.2 Å². The second-order valence-electron chi connectivity index (χ2n) is 8.05. The molecule has 1 rings (SSSR count). The van der Waals surface area contributed by atoms with Crippen LogP contribution < -0.4 is 10.6 Å². The molecule has 3 N–H and O–H groups in total. The van der Waals surface area contributed by atoms with Gasteiger partial charge in [-0.15, -0.1) is 0 Å². The van der Waals surface area contributed by atoms with Crippen molar-refractivity contribution in [2.45, 2.75) is 63.0 Å². The molecule has 1 atom stereocenters. The third-order valence-corrected chi connectivity index (χ3v) is 7.80. The van der Waals surface area contributed by atoms with Crippen molar-refractivity contribution in [3.63, 3.8) is 0 Å². The number of unbranched alkanes of at least 4 members (excludes halogenated alkanes) is 3. The number of carbonyl (C=O) groups is 4. The second kappa shape index (κ2) is 15.5. The highest BCUT2D eigenvalue weighted by molar-refractivity contribution is 8.14. The summed E-state index contributed by atoms with van der Waals surface area (Å²) >= 11 is 0.629. The fraction of sp³-hybridized carbons (Fsp3) is 0.565. The number of carboxylic acid groups (broad SMARTS) is 1. The van der Waals surface area contributed by atoms with Crippen LogP contribution in [0.4, 0.5) is 0 Å². The van der Waals surface area contributed by atoms with Crippen LogP contribution in [0.25, 0.3) is 0 Å². The molecule has 196 valence electrons. The van der Waals surface area contributed by atoms with E-state index in [9.17, 15) is 27.6 Å². The summed E-state index contributed by atoms with van der Waals surface area (Å²) in [4.78, 5) is 46.9. The van der Waals surface area contributed by atoms with Gasteiger partial charge in [0.05, 0.1) is 17.9 Å². The maximum atomic E-state index is 13.1. The highest BCUT2D eigenvalue weighted by Crippen LogP contribution is 2.18. The van der Waals surface area contributed by atoms with Crippen LogP contribution in [0, 0.1) is 6.92 Å². The first-order valence-electron chi connectivity index (χ1n) is 11.5. The smallest absolute Gasteiger partial charge is 0.305 e. The number of nitrogens with one attached hydrogen (secondary N) is 2. The minimum absolute atomic E-state index is 0.000366. The molecule has 0 heterocycles. The zero-order valence-corrected chi connectivity index (χ0v) is 22.0. The Labute approximate surface area is 211 Å². The van der Waals surface area contributed by atoms with Gasteiger partial charge in [0, 0.05) is 26.6 Å². The number of aliphatic carboxylic acids is 1. The van der Waals surface area contributed by atoms with Crippen LogP contribution in [0.5, 0.6) is 0 Å². The van der Waals surface area contributed by atoms with Gasteiger partial charge in [-0.2, -0.15) is 4.31 Å². The lowest BCUT2D eigenvalue weighted by molar-refractivity contribution is -0.138. The summed E-state index contributed by atoms with van der Waals surface area (Å²) in [5, 5.41) is 12.5. The van der Waals surface area contributed by atoms with Crippen LogP contribution in [0.2, 0.25) is 0 Å². The predicted octanol–water partition coefficient (Wildman–Crippen LogP) is 1.92. The van der Waals surface area contributed by atoms with Gasteiger partial charge in [0.25, 0.3) is 0 Å². The maximum absolute atomic E-state index is 13.1. The van der Waals surface area contributed by atoms with Crippen LogP contribution in [-0.4, -0.2) is 72.2 Å². The van der Waals surface area contributed by atoms with Crippen molar-refractivity contribution in [3.05, 3.63) is 29.8 Å². The van der Waals surface area contributed by atoms with Gasteiger partial charge in [-0.25, -0.2) is 8.42 Å². The number of hydrogen-bond acceptors (Lipinski definition) is 7. The quantitative estimate of drug-likeness (QED) is 0.275. The number of hydrogen-bond donors (Lipinski definition) is 3. The number of sulfonamides is 1. The fourth-order valence-corrected chi connectivity index (χ4v) is 5.37. The summed E-state index contributed by atoms with van der Waals surface area (Å²) in [6, 6.07) is 6.44. The normalized spacial score (nSPS) is 12.2. The van der Waals surface area contributed by atoms with Crippen LogP contribution in [0.1, 0.15) is 51.5 Å². The maximum Gasteiger partial charge on any atom is 0.305 e. The Balaban J connectivity index is 2.70. The van der Waals surface area contributed by atoms with Gasteiger partial charge in [-0.3, -0.25) is 19.2 Å². The lowest BCUT2D eigenvalue weighted by Gasteiger charge is -2.22. The predicted molar refractivity (Wildman–Crippen MR) is 134 cm³/mol. The Hall–Kier alpha value is -2.44. The molecule has 0 saturated heterocycles. The summed E-state index contributed by atoms with van der Waals surface area (Å²) in [5.74, 6) is -2.35. The Morgan fingerprint density at radius 1 is 1.03 bits per heavy atom. The molecule has 10 nitrogen and oxygen atoms in total. The van der Waals surface area contributed by atoms with Gasteiger partial charge in [0.2, 0.25) is 21.8 Å². The molecule has 0 aliphatic rings. The first-order valence-corrected chi connectivity index (χ1v) is 13.8. The summed E-state index contributed by atoms with van der Waals surface area (Å²) in [6.45, 7) is 5.01. The largest absolute Gasteiger partial charge is 0.481 e. The third kappa shape index (κ3) is 11.7. The van der Waals surface area contributed by atoms with Gasteiger partial charge in [-0.05, 0) is 25.5 Å². The molecule has 0 aliphatic carbocycles. The lowest BCUT2D eigenvalue weighted by Crippen LogP contribution is -2.44. The molecule has 35 heavy (non-hydrogen) atoms. The molecular formula is C23H35N3O7S2. The number of nitrogens with zero attached hydrogens (tertiary/aromatic N) is 1. The lowest BCUT2D eigenvalue weighted by atomic mass is 10.2. The molecule has 0 bridgehead atoms. The molecule has 1 aromatic carbocycles. The van der Waals surface area contributed by atoms with Gasteiger partial charge < -0.3 is 15.7 Å². The van der Waals surface area contributed by atoms with Crippen molar-refractivity contribution < 1.29 is 32.7 Å². The van der Waals surface area contributed by atoms with Crippen molar-refractivity contribution in [1.82, 2.24) is 14.9 Å². The molecule has 0 radical (unpaired) electrons. The molecule has 1 aromatic rings.